The Bertz CT molecular complexity index is 1530. The third kappa shape index (κ3) is 7.36. The first kappa shape index (κ1) is 27.8. The number of furan rings is 1. The van der Waals surface area contributed by atoms with Crippen molar-refractivity contribution >= 4 is 16.9 Å². The first-order valence-corrected chi connectivity index (χ1v) is 11.7. The second-order valence-corrected chi connectivity index (χ2v) is 8.83. The minimum Gasteiger partial charge on any atom is -0.512 e. The van der Waals surface area contributed by atoms with Crippen molar-refractivity contribution in [1.82, 2.24) is 4.98 Å². The minimum absolute atomic E-state index is 0. The zero-order chi connectivity index (χ0) is 25.7. The van der Waals surface area contributed by atoms with E-state index in [1.807, 2.05) is 30.3 Å². The first-order chi connectivity index (χ1) is 17.3. The van der Waals surface area contributed by atoms with Crippen molar-refractivity contribution in [3.8, 4) is 33.7 Å². The van der Waals surface area contributed by atoms with Crippen LogP contribution in [0.25, 0.3) is 44.8 Å². The van der Waals surface area contributed by atoms with E-state index >= 15 is 0 Å². The van der Waals surface area contributed by atoms with Crippen LogP contribution in [0.2, 0.25) is 0 Å². The second-order valence-electron chi connectivity index (χ2n) is 8.83. The summed E-state index contributed by atoms with van der Waals surface area (Å²) >= 11 is 0. The molecule has 0 spiro atoms. The molecular weight excluding hydrogens is 639 g/mol. The number of allylic oxidation sites excluding steroid dienone is 2. The number of aromatic nitrogens is 1. The number of carbonyl (C=O) groups excluding carboxylic acids is 1. The summed E-state index contributed by atoms with van der Waals surface area (Å²) in [6.45, 7) is 7.05. The fourth-order valence-electron chi connectivity index (χ4n) is 4.05. The molecule has 3 aromatic carbocycles. The van der Waals surface area contributed by atoms with Gasteiger partial charge in [-0.2, -0.15) is 0 Å². The summed E-state index contributed by atoms with van der Waals surface area (Å²) in [4.78, 5) is 14.8. The van der Waals surface area contributed by atoms with Gasteiger partial charge in [-0.05, 0) is 57.2 Å². The number of aryl methyl sites for hydroxylation is 2. The first-order valence-electron chi connectivity index (χ1n) is 11.7. The molecule has 0 bridgehead atoms. The van der Waals surface area contributed by atoms with Crippen molar-refractivity contribution in [2.75, 3.05) is 0 Å². The molecule has 5 heteroatoms. The molecule has 0 amide bonds. The number of carbonyl (C=O) groups is 1. The van der Waals surface area contributed by atoms with Crippen LogP contribution in [0.4, 0.5) is 0 Å². The number of rotatable bonds is 4. The summed E-state index contributed by atoms with van der Waals surface area (Å²) in [5, 5.41) is 9.37. The van der Waals surface area contributed by atoms with Gasteiger partial charge < -0.3 is 9.52 Å². The monoisotopic (exact) mass is 667 g/mol. The summed E-state index contributed by atoms with van der Waals surface area (Å²) in [5.41, 5.74) is 8.32. The quantitative estimate of drug-likeness (QED) is 0.119. The van der Waals surface area contributed by atoms with Crippen molar-refractivity contribution in [2.45, 2.75) is 27.7 Å². The van der Waals surface area contributed by atoms with Gasteiger partial charge in [0.05, 0.1) is 5.76 Å². The molecule has 1 N–H and O–H groups in total. The Morgan fingerprint density at radius 2 is 1.57 bits per heavy atom. The van der Waals surface area contributed by atoms with Crippen LogP contribution < -0.4 is 0 Å². The third-order valence-electron chi connectivity index (χ3n) is 5.49. The zero-order valence-electron chi connectivity index (χ0n) is 21.2. The van der Waals surface area contributed by atoms with Crippen molar-refractivity contribution < 1.29 is 34.4 Å². The third-order valence-corrected chi connectivity index (χ3v) is 5.49. The summed E-state index contributed by atoms with van der Waals surface area (Å²) in [5.74, 6) is 0.783. The molecule has 2 heterocycles. The number of pyridine rings is 1. The van der Waals surface area contributed by atoms with Gasteiger partial charge in [0.2, 0.25) is 5.71 Å². The van der Waals surface area contributed by atoms with E-state index in [1.165, 1.54) is 36.6 Å². The molecule has 0 fully saturated rings. The molecule has 0 unspecified atom stereocenters. The van der Waals surface area contributed by atoms with Gasteiger partial charge in [-0.25, -0.2) is 0 Å². The van der Waals surface area contributed by atoms with E-state index < -0.39 is 0 Å². The van der Waals surface area contributed by atoms with Crippen LogP contribution in [0.3, 0.4) is 0 Å². The maximum atomic E-state index is 10.0. The molecule has 4 nitrogen and oxygen atoms in total. The predicted molar refractivity (Wildman–Crippen MR) is 146 cm³/mol. The molecule has 0 saturated carbocycles. The van der Waals surface area contributed by atoms with Crippen LogP contribution in [0.5, 0.6) is 0 Å². The number of hydrogen-bond donors (Lipinski definition) is 1. The van der Waals surface area contributed by atoms with Crippen molar-refractivity contribution in [3.63, 3.8) is 0 Å². The smallest absolute Gasteiger partial charge is 0.217 e. The number of benzene rings is 3. The molecule has 0 aliphatic carbocycles. The van der Waals surface area contributed by atoms with Crippen LogP contribution in [0.1, 0.15) is 25.0 Å². The normalized spacial score (nSPS) is 10.9. The average molecular weight is 667 g/mol. The van der Waals surface area contributed by atoms with Gasteiger partial charge in [0.15, 0.2) is 5.78 Å². The summed E-state index contributed by atoms with van der Waals surface area (Å²) in [7, 11) is 0. The molecule has 37 heavy (non-hydrogen) atoms. The summed E-state index contributed by atoms with van der Waals surface area (Å²) < 4.78 is 6.12. The zero-order valence-corrected chi connectivity index (χ0v) is 23.6. The van der Waals surface area contributed by atoms with Crippen molar-refractivity contribution in [2.24, 2.45) is 0 Å². The molecule has 0 saturated heterocycles. The summed E-state index contributed by atoms with van der Waals surface area (Å²) in [6, 6.07) is 32.4. The van der Waals surface area contributed by atoms with Gasteiger partial charge in [-0.3, -0.25) is 9.78 Å². The van der Waals surface area contributed by atoms with Crippen molar-refractivity contribution in [3.05, 3.63) is 114 Å². The molecule has 5 rings (SSSR count). The Hall–Kier alpha value is -3.79. The molecule has 0 atom stereocenters. The Kier molecular flexibility index (Phi) is 9.35. The Morgan fingerprint density at radius 1 is 0.865 bits per heavy atom. The molecule has 0 aliphatic rings. The summed E-state index contributed by atoms with van der Waals surface area (Å²) in [6.07, 6.45) is 1.17. The second kappa shape index (κ2) is 12.4. The van der Waals surface area contributed by atoms with Crippen LogP contribution >= 0.6 is 0 Å². The number of ketones is 1. The number of nitrogens with zero attached hydrogens (tertiary/aromatic N) is 1. The fourth-order valence-corrected chi connectivity index (χ4v) is 4.05. The van der Waals surface area contributed by atoms with E-state index in [9.17, 15) is 4.79 Å². The molecule has 1 radical (unpaired) electrons. The largest absolute Gasteiger partial charge is 0.512 e. The Balaban J connectivity index is 0.000000422. The SMILES string of the molecule is CC(=O)/C=C(/C)O.Cc1cc(C)cc(-c2cc3ccc(-c4[c-]ccc(-c5ccccc5)c4)nc3o2)c1.[Ir]. The molecule has 2 aromatic heterocycles. The van der Waals surface area contributed by atoms with E-state index in [2.05, 4.69) is 74.5 Å². The minimum atomic E-state index is -0.125. The van der Waals surface area contributed by atoms with Gasteiger partial charge in [0.25, 0.3) is 0 Å². The number of aliphatic hydroxyl groups excluding tert-OH is 1. The van der Waals surface area contributed by atoms with Crippen molar-refractivity contribution in [1.29, 1.82) is 0 Å². The average Bonchev–Trinajstić information content (AvgIpc) is 3.27. The molecular formula is C32H28IrNO3-. The number of fused-ring (bicyclic) bond motifs is 1. The number of hydrogen-bond acceptors (Lipinski definition) is 4. The molecule has 189 valence electrons. The van der Waals surface area contributed by atoms with Crippen LogP contribution in [-0.4, -0.2) is 15.9 Å². The van der Waals surface area contributed by atoms with Gasteiger partial charge in [-0.1, -0.05) is 59.7 Å². The van der Waals surface area contributed by atoms with Gasteiger partial charge in [0.1, 0.15) is 5.76 Å². The molecule has 5 aromatic rings. The Morgan fingerprint density at radius 3 is 2.19 bits per heavy atom. The number of aliphatic hydroxyl groups is 1. The maximum absolute atomic E-state index is 10.0. The van der Waals surface area contributed by atoms with E-state index in [4.69, 9.17) is 14.5 Å². The van der Waals surface area contributed by atoms with Crippen LogP contribution in [-0.2, 0) is 24.9 Å². The Labute approximate surface area is 231 Å². The van der Waals surface area contributed by atoms with Crippen LogP contribution in [0.15, 0.2) is 101 Å². The fraction of sp³-hybridized carbons (Fsp3) is 0.125. The van der Waals surface area contributed by atoms with Crippen LogP contribution in [0, 0.1) is 19.9 Å². The van der Waals surface area contributed by atoms with E-state index in [0.717, 1.165) is 33.5 Å². The van der Waals surface area contributed by atoms with E-state index in [1.54, 1.807) is 0 Å². The van der Waals surface area contributed by atoms with Gasteiger partial charge >= 0.3 is 0 Å². The predicted octanol–water partition coefficient (Wildman–Crippen LogP) is 8.28. The van der Waals surface area contributed by atoms with Gasteiger partial charge in [0, 0.05) is 37.1 Å². The standard InChI is InChI=1S/C27H20NO.C5H8O2.Ir/c1-18-13-19(2)15-24(14-18)26-17-23-11-12-25(28-27(23)29-26)22-10-6-9-21(16-22)20-7-4-3-5-8-20;1-4(6)3-5(2)7;/h3-9,11-17H,1-2H3;3,6H,1-2H3;/q-1;;/b;4-3-;. The van der Waals surface area contributed by atoms with E-state index in [-0.39, 0.29) is 31.6 Å². The topological polar surface area (TPSA) is 63.3 Å². The molecule has 0 aliphatic heterocycles. The van der Waals surface area contributed by atoms with Gasteiger partial charge in [-0.15, -0.1) is 35.4 Å². The maximum Gasteiger partial charge on any atom is 0.217 e. The van der Waals surface area contributed by atoms with E-state index in [0.29, 0.717) is 5.71 Å².